The van der Waals surface area contributed by atoms with Crippen molar-refractivity contribution in [1.82, 2.24) is 39.9 Å². The Labute approximate surface area is 875 Å². The van der Waals surface area contributed by atoms with E-state index in [0.29, 0.717) is 0 Å². The summed E-state index contributed by atoms with van der Waals surface area (Å²) in [6, 6.07) is 67.9. The molecule has 0 saturated heterocycles. The first kappa shape index (κ1) is 105. The number of nitrogens with one attached hydrogen (secondary N) is 4. The first-order chi connectivity index (χ1) is 67.1. The van der Waals surface area contributed by atoms with E-state index in [4.69, 9.17) is 19.9 Å². The van der Waals surface area contributed by atoms with E-state index in [2.05, 4.69) is 529 Å². The van der Waals surface area contributed by atoms with Gasteiger partial charge < -0.3 is 19.9 Å². The number of H-pyrrole nitrogens is 4. The first-order valence-corrected chi connectivity index (χ1v) is 53.6. The average molecular weight is 1940 g/mol. The van der Waals surface area contributed by atoms with Gasteiger partial charge in [0.2, 0.25) is 0 Å². The van der Waals surface area contributed by atoms with Crippen LogP contribution in [0.3, 0.4) is 0 Å². The number of aromatic nitrogens is 8. The molecular formula is C138H166N8. The van der Waals surface area contributed by atoms with Crippen LogP contribution in [0.4, 0.5) is 0 Å². The number of nitrogens with zero attached hydrogens (tertiary/aromatic N) is 4. The van der Waals surface area contributed by atoms with Crippen LogP contribution >= 0.6 is 0 Å². The second-order valence-corrected chi connectivity index (χ2v) is 57.3. The molecule has 4 N–H and O–H groups in total. The van der Waals surface area contributed by atoms with Crippen LogP contribution in [-0.2, 0) is 75.8 Å². The number of fused-ring (bicyclic) bond motifs is 16. The third-order valence-corrected chi connectivity index (χ3v) is 30.6. The zero-order valence-corrected chi connectivity index (χ0v) is 96.6. The SMILES string of the molecule is CC(C)(C)c1cc(-c2c3nc(c(-c4cc(C(C)(C)C)cc(C(C)(C)C)c4)c4ccc([nH]4)c(-c4cc5[nH]c4c(-c4cc(C(C)(C)C)cc(C(C)(C)C)c4)c4nc(c(-c6cc(C(C)(C)C)cc(C(C)(C)C)c6)c6ccc([nH]6)c(-c6cc(C(C)(C)C)cc(C(C)(C)C)c6)c6nc(c5-c5cc(C(C)(C)C)cc(C(C)(C)C)c5)C=C6)C=C4)c4nc(c(-c5cc(C(C)(C)C)cc(C(C)(C)C)c5)c5ccc2[nH]5)C=C4)C=C3)cc(C(C)(C)C)c1. The van der Waals surface area contributed by atoms with Gasteiger partial charge in [0, 0.05) is 88.7 Å². The third kappa shape index (κ3) is 21.1. The molecule has 4 aliphatic heterocycles. The molecule has 0 fully saturated rings. The van der Waals surface area contributed by atoms with Crippen molar-refractivity contribution in [3.05, 3.63) is 293 Å². The molecule has 0 amide bonds. The minimum absolute atomic E-state index is 0.186. The molecule has 16 bridgehead atoms. The quantitative estimate of drug-likeness (QED) is 0.121. The van der Waals surface area contributed by atoms with Crippen molar-refractivity contribution >= 4 is 92.7 Å². The maximum Gasteiger partial charge on any atom is 0.0738 e. The van der Waals surface area contributed by atoms with E-state index in [1.165, 1.54) is 77.9 Å². The molecule has 6 aromatic heterocycles. The fourth-order valence-electron chi connectivity index (χ4n) is 20.6. The van der Waals surface area contributed by atoms with Gasteiger partial charge in [0.15, 0.2) is 0 Å². The molecule has 0 spiro atoms. The van der Waals surface area contributed by atoms with Crippen molar-refractivity contribution in [2.75, 3.05) is 0 Å². The van der Waals surface area contributed by atoms with Crippen LogP contribution in [0.5, 0.6) is 0 Å². The van der Waals surface area contributed by atoms with Gasteiger partial charge in [0.1, 0.15) is 0 Å². The van der Waals surface area contributed by atoms with E-state index < -0.39 is 0 Å². The summed E-state index contributed by atoms with van der Waals surface area (Å²) >= 11 is 0. The number of rotatable bonds is 8. The van der Waals surface area contributed by atoms with Crippen molar-refractivity contribution in [2.45, 2.75) is 367 Å². The summed E-state index contributed by atoms with van der Waals surface area (Å²) < 4.78 is 0. The Kier molecular flexibility index (Phi) is 25.8. The van der Waals surface area contributed by atoms with E-state index in [9.17, 15) is 0 Å². The molecule has 13 aromatic rings. The van der Waals surface area contributed by atoms with Gasteiger partial charge in [0.05, 0.1) is 51.1 Å². The van der Waals surface area contributed by atoms with Crippen LogP contribution in [-0.4, -0.2) is 39.9 Å². The Morgan fingerprint density at radius 2 is 0.267 bits per heavy atom. The summed E-state index contributed by atoms with van der Waals surface area (Å²) in [5.74, 6) is 0. The van der Waals surface area contributed by atoms with Crippen molar-refractivity contribution < 1.29 is 0 Å². The van der Waals surface area contributed by atoms with E-state index in [1.807, 2.05) is 0 Å². The Balaban J connectivity index is 1.19. The first-order valence-electron chi connectivity index (χ1n) is 53.6. The van der Waals surface area contributed by atoms with Crippen LogP contribution in [0.25, 0.3) is 182 Å². The predicted octanol–water partition coefficient (Wildman–Crippen LogP) is 39.1. The standard InChI is InChI=1S/C138H166N8/c1-125(2,3)86-57-79(58-87(71-86)126(4,5)6)116-101-44-47-105(140-101)119(82-63-92(131(19,20)21)74-93(64-82)132(22,23)24)109-52-55-113(144-109)123(114-56-53-110(145-114)120(106-48-45-102(116)141-106)83-65-94(133(25,26)27)75-95(66-83)134(28,29)30)100-78-115-121(84-67-96(135(31,32)33)76-97(68-84)136(34,35)36)111-50-49-107(142-111)117(80-59-88(127(7,8)9)72-89(60-80)128(10,11)12)103-43-46-104(139-103)118(81-61-90(129(13,14)15)73-91(62-81)130(16,17)18)108-51-54-112(143-108)122(124(100)146-115)85-69-98(137(37,38)39)77-99(70-85)138(40,41)42/h43-78,139-140,145-146H,1-42H3. The predicted molar refractivity (Wildman–Crippen MR) is 637 cm³/mol. The fraction of sp³-hybridized carbons (Fsp3) is 0.406. The zero-order chi connectivity index (χ0) is 107. The Bertz CT molecular complexity index is 7680. The number of hydrogen-bond donors (Lipinski definition) is 4. The molecule has 10 heterocycles. The molecule has 0 unspecified atom stereocenters. The average Bonchev–Trinajstić information content (AvgIpc) is 1.58. The molecule has 0 atom stereocenters. The topological polar surface area (TPSA) is 115 Å². The second kappa shape index (κ2) is 35.8. The normalized spacial score (nSPS) is 14.0. The number of aromatic amines is 4. The summed E-state index contributed by atoms with van der Waals surface area (Å²) in [7, 11) is 0. The highest BCUT2D eigenvalue weighted by molar-refractivity contribution is 6.10. The highest BCUT2D eigenvalue weighted by Crippen LogP contribution is 2.52. The molecule has 0 radical (unpaired) electrons. The maximum absolute atomic E-state index is 6.43. The highest BCUT2D eigenvalue weighted by Gasteiger charge is 2.36. The minimum Gasteiger partial charge on any atom is -0.354 e. The van der Waals surface area contributed by atoms with Crippen molar-refractivity contribution in [2.24, 2.45) is 0 Å². The molecule has 8 nitrogen and oxygen atoms in total. The second-order valence-electron chi connectivity index (χ2n) is 57.3. The van der Waals surface area contributed by atoms with Gasteiger partial charge >= 0.3 is 0 Å². The lowest BCUT2D eigenvalue weighted by atomic mass is 9.78. The van der Waals surface area contributed by atoms with Crippen molar-refractivity contribution in [3.63, 3.8) is 0 Å². The van der Waals surface area contributed by atoms with Crippen LogP contribution in [0.1, 0.15) is 414 Å². The molecule has 8 heteroatoms. The zero-order valence-electron chi connectivity index (χ0n) is 96.6. The minimum atomic E-state index is -0.304. The molecule has 146 heavy (non-hydrogen) atoms. The van der Waals surface area contributed by atoms with Gasteiger partial charge in [-0.15, -0.1) is 0 Å². The largest absolute Gasteiger partial charge is 0.354 e. The van der Waals surface area contributed by atoms with Crippen LogP contribution in [0.2, 0.25) is 0 Å². The van der Waals surface area contributed by atoms with Gasteiger partial charge in [-0.1, -0.05) is 418 Å². The van der Waals surface area contributed by atoms with Crippen LogP contribution in [0.15, 0.2) is 170 Å². The van der Waals surface area contributed by atoms with Crippen LogP contribution < -0.4 is 0 Å². The Hall–Kier alpha value is -12.3. The van der Waals surface area contributed by atoms with Gasteiger partial charge in [-0.25, -0.2) is 19.9 Å². The lowest BCUT2D eigenvalue weighted by Gasteiger charge is -2.26. The van der Waals surface area contributed by atoms with Crippen molar-refractivity contribution in [1.29, 1.82) is 0 Å². The third-order valence-electron chi connectivity index (χ3n) is 30.6. The Morgan fingerprint density at radius 3 is 0.425 bits per heavy atom. The molecule has 17 rings (SSSR count). The molecular weight excluding hydrogens is 1770 g/mol. The van der Waals surface area contributed by atoms with Crippen molar-refractivity contribution in [3.8, 4) is 89.0 Å². The number of hydrogen-bond acceptors (Lipinski definition) is 4. The van der Waals surface area contributed by atoms with Gasteiger partial charge in [0.25, 0.3) is 0 Å². The maximum atomic E-state index is 6.43. The van der Waals surface area contributed by atoms with Gasteiger partial charge in [-0.05, 0) is 284 Å². The van der Waals surface area contributed by atoms with E-state index >= 15 is 0 Å². The fourth-order valence-corrected chi connectivity index (χ4v) is 20.6. The monoisotopic (exact) mass is 1940 g/mol. The summed E-state index contributed by atoms with van der Waals surface area (Å²) in [5, 5.41) is 0. The number of benzene rings is 7. The van der Waals surface area contributed by atoms with E-state index in [1.54, 1.807) is 0 Å². The summed E-state index contributed by atoms with van der Waals surface area (Å²) in [4.78, 5) is 43.0. The molecule has 7 aromatic carbocycles. The van der Waals surface area contributed by atoms with E-state index in [-0.39, 0.29) is 75.8 Å². The summed E-state index contributed by atoms with van der Waals surface area (Å²) in [5.41, 5.74) is 44.2. The van der Waals surface area contributed by atoms with E-state index in [0.717, 1.165) is 179 Å². The van der Waals surface area contributed by atoms with Gasteiger partial charge in [-0.2, -0.15) is 0 Å². The molecule has 4 aliphatic rings. The lowest BCUT2D eigenvalue weighted by molar-refractivity contribution is 0.568. The summed E-state index contributed by atoms with van der Waals surface area (Å²) in [6.07, 6.45) is 18.4. The Morgan fingerprint density at radius 1 is 0.137 bits per heavy atom. The molecule has 0 aliphatic carbocycles. The van der Waals surface area contributed by atoms with Crippen LogP contribution in [0, 0.1) is 0 Å². The molecule has 0 saturated carbocycles. The smallest absolute Gasteiger partial charge is 0.0738 e. The summed E-state index contributed by atoms with van der Waals surface area (Å²) in [6.45, 7) is 98.7. The lowest BCUT2D eigenvalue weighted by Crippen LogP contribution is -2.16. The highest BCUT2D eigenvalue weighted by atomic mass is 14.8. The van der Waals surface area contributed by atoms with Gasteiger partial charge in [-0.3, -0.25) is 0 Å². The molecule has 758 valence electrons.